The molecular weight excluding hydrogens is 225 g/mol. The summed E-state index contributed by atoms with van der Waals surface area (Å²) in [5, 5.41) is 8.69. The largest absolute Gasteiger partial charge is 0.481 e. The molecule has 2 heterocycles. The summed E-state index contributed by atoms with van der Waals surface area (Å²) < 4.78 is 14.7. The number of halogens is 1. The fourth-order valence-corrected chi connectivity index (χ4v) is 1.84. The van der Waals surface area contributed by atoms with Crippen LogP contribution in [0.25, 0.3) is 11.0 Å². The van der Waals surface area contributed by atoms with E-state index in [0.29, 0.717) is 16.7 Å². The van der Waals surface area contributed by atoms with E-state index in [2.05, 4.69) is 4.98 Å². The highest BCUT2D eigenvalue weighted by atomic mass is 19.1. The Hall–Kier alpha value is -1.95. The molecule has 0 aliphatic heterocycles. The van der Waals surface area contributed by atoms with Crippen molar-refractivity contribution in [2.75, 3.05) is 0 Å². The van der Waals surface area contributed by atoms with Crippen molar-refractivity contribution in [1.82, 2.24) is 9.55 Å². The highest BCUT2D eigenvalue weighted by Gasteiger charge is 2.16. The number of hydrogen-bond acceptors (Lipinski definition) is 3. The van der Waals surface area contributed by atoms with Gasteiger partial charge in [-0.25, -0.2) is 4.39 Å². The Kier molecular flexibility index (Phi) is 2.81. The van der Waals surface area contributed by atoms with E-state index < -0.39 is 17.8 Å². The Morgan fingerprint density at radius 2 is 2.35 bits per heavy atom. The van der Waals surface area contributed by atoms with Crippen molar-refractivity contribution in [3.63, 3.8) is 0 Å². The van der Waals surface area contributed by atoms with E-state index in [1.807, 2.05) is 0 Å². The first-order valence-electron chi connectivity index (χ1n) is 5.07. The summed E-state index contributed by atoms with van der Waals surface area (Å²) in [6.45, 7) is 0. The Labute approximate surface area is 96.7 Å². The van der Waals surface area contributed by atoms with Crippen LogP contribution in [0.4, 0.5) is 4.39 Å². The second-order valence-corrected chi connectivity index (χ2v) is 3.89. The second-order valence-electron chi connectivity index (χ2n) is 3.89. The standard InChI is InChI=1S/C11H12FN3O2/c1-15-9(7(13)3-11(16)17)4-8-10(15)2-6(12)5-14-8/h2,4-5,7H,3,13H2,1H3,(H,16,17). The Bertz CT molecular complexity index is 579. The molecular formula is C11H12FN3O2. The molecule has 2 rings (SSSR count). The van der Waals surface area contributed by atoms with Crippen LogP contribution >= 0.6 is 0 Å². The maximum absolute atomic E-state index is 13.0. The molecule has 0 saturated carbocycles. The number of pyridine rings is 1. The van der Waals surface area contributed by atoms with E-state index in [-0.39, 0.29) is 6.42 Å². The van der Waals surface area contributed by atoms with Crippen LogP contribution in [-0.4, -0.2) is 20.6 Å². The monoisotopic (exact) mass is 237 g/mol. The van der Waals surface area contributed by atoms with Crippen molar-refractivity contribution in [1.29, 1.82) is 0 Å². The summed E-state index contributed by atoms with van der Waals surface area (Å²) in [5.41, 5.74) is 7.60. The molecule has 0 fully saturated rings. The summed E-state index contributed by atoms with van der Waals surface area (Å²) in [7, 11) is 1.71. The molecule has 2 aromatic heterocycles. The van der Waals surface area contributed by atoms with Crippen LogP contribution in [0.1, 0.15) is 18.2 Å². The third-order valence-corrected chi connectivity index (χ3v) is 2.67. The summed E-state index contributed by atoms with van der Waals surface area (Å²) in [4.78, 5) is 14.5. The van der Waals surface area contributed by atoms with Crippen molar-refractivity contribution >= 4 is 17.0 Å². The lowest BCUT2D eigenvalue weighted by Crippen LogP contribution is -2.17. The van der Waals surface area contributed by atoms with Gasteiger partial charge in [0, 0.05) is 18.8 Å². The molecule has 0 saturated heterocycles. The van der Waals surface area contributed by atoms with Crippen molar-refractivity contribution < 1.29 is 14.3 Å². The average Bonchev–Trinajstić information content (AvgIpc) is 2.55. The number of aryl methyl sites for hydroxylation is 1. The van der Waals surface area contributed by atoms with Gasteiger partial charge < -0.3 is 15.4 Å². The van der Waals surface area contributed by atoms with Crippen molar-refractivity contribution in [2.24, 2.45) is 12.8 Å². The van der Waals surface area contributed by atoms with Gasteiger partial charge in [-0.3, -0.25) is 9.78 Å². The number of rotatable bonds is 3. The van der Waals surface area contributed by atoms with Crippen LogP contribution in [0.3, 0.4) is 0 Å². The van der Waals surface area contributed by atoms with Crippen LogP contribution in [0.5, 0.6) is 0 Å². The zero-order valence-electron chi connectivity index (χ0n) is 9.22. The Morgan fingerprint density at radius 3 is 3.00 bits per heavy atom. The van der Waals surface area contributed by atoms with E-state index in [9.17, 15) is 9.18 Å². The zero-order valence-corrected chi connectivity index (χ0v) is 9.22. The number of fused-ring (bicyclic) bond motifs is 1. The van der Waals surface area contributed by atoms with Gasteiger partial charge in [-0.1, -0.05) is 0 Å². The minimum atomic E-state index is -0.970. The van der Waals surface area contributed by atoms with Crippen LogP contribution < -0.4 is 5.73 Å². The van der Waals surface area contributed by atoms with Gasteiger partial charge >= 0.3 is 5.97 Å². The van der Waals surface area contributed by atoms with Gasteiger partial charge in [-0.15, -0.1) is 0 Å². The lowest BCUT2D eigenvalue weighted by Gasteiger charge is -2.10. The molecule has 0 aliphatic carbocycles. The molecule has 2 aromatic rings. The summed E-state index contributed by atoms with van der Waals surface area (Å²) in [6.07, 6.45) is 0.946. The molecule has 1 unspecified atom stereocenters. The summed E-state index contributed by atoms with van der Waals surface area (Å²) >= 11 is 0. The fraction of sp³-hybridized carbons (Fsp3) is 0.273. The van der Waals surface area contributed by atoms with Gasteiger partial charge in [0.1, 0.15) is 5.82 Å². The average molecular weight is 237 g/mol. The molecule has 17 heavy (non-hydrogen) atoms. The fourth-order valence-electron chi connectivity index (χ4n) is 1.84. The Morgan fingerprint density at radius 1 is 1.65 bits per heavy atom. The minimum absolute atomic E-state index is 0.174. The molecule has 0 spiro atoms. The van der Waals surface area contributed by atoms with E-state index in [1.54, 1.807) is 17.7 Å². The van der Waals surface area contributed by atoms with Crippen LogP contribution in [0.2, 0.25) is 0 Å². The van der Waals surface area contributed by atoms with Crippen LogP contribution in [0.15, 0.2) is 18.3 Å². The van der Waals surface area contributed by atoms with Gasteiger partial charge in [0.25, 0.3) is 0 Å². The first kappa shape index (κ1) is 11.5. The topological polar surface area (TPSA) is 81.1 Å². The number of nitrogens with zero attached hydrogens (tertiary/aromatic N) is 2. The molecule has 0 amide bonds. The van der Waals surface area contributed by atoms with Crippen molar-refractivity contribution in [2.45, 2.75) is 12.5 Å². The molecule has 1 atom stereocenters. The normalized spacial score (nSPS) is 12.9. The minimum Gasteiger partial charge on any atom is -0.481 e. The van der Waals surface area contributed by atoms with E-state index in [4.69, 9.17) is 10.8 Å². The van der Waals surface area contributed by atoms with Gasteiger partial charge in [0.15, 0.2) is 0 Å². The molecule has 5 nitrogen and oxygen atoms in total. The number of carbonyl (C=O) groups is 1. The van der Waals surface area contributed by atoms with E-state index >= 15 is 0 Å². The predicted molar refractivity (Wildman–Crippen MR) is 59.9 cm³/mol. The highest BCUT2D eigenvalue weighted by molar-refractivity contribution is 5.77. The Balaban J connectivity index is 2.48. The zero-order chi connectivity index (χ0) is 12.6. The molecule has 0 aliphatic rings. The van der Waals surface area contributed by atoms with Gasteiger partial charge in [-0.2, -0.15) is 0 Å². The molecule has 6 heteroatoms. The number of carboxylic acids is 1. The SMILES string of the molecule is Cn1c(C(N)CC(=O)O)cc2ncc(F)cc21. The number of hydrogen-bond donors (Lipinski definition) is 2. The third kappa shape index (κ3) is 2.12. The highest BCUT2D eigenvalue weighted by Crippen LogP contribution is 2.22. The summed E-state index contributed by atoms with van der Waals surface area (Å²) in [6, 6.07) is 2.40. The van der Waals surface area contributed by atoms with Crippen LogP contribution in [0, 0.1) is 5.82 Å². The molecule has 0 radical (unpaired) electrons. The third-order valence-electron chi connectivity index (χ3n) is 2.67. The maximum Gasteiger partial charge on any atom is 0.305 e. The molecule has 0 bridgehead atoms. The molecule has 0 aromatic carbocycles. The van der Waals surface area contributed by atoms with Crippen molar-refractivity contribution in [3.05, 3.63) is 29.8 Å². The van der Waals surface area contributed by atoms with Crippen molar-refractivity contribution in [3.8, 4) is 0 Å². The smallest absolute Gasteiger partial charge is 0.305 e. The van der Waals surface area contributed by atoms with E-state index in [0.717, 1.165) is 6.20 Å². The number of carboxylic acid groups (broad SMARTS) is 1. The predicted octanol–water partition coefficient (Wildman–Crippen LogP) is 1.19. The van der Waals surface area contributed by atoms with Gasteiger partial charge in [0.2, 0.25) is 0 Å². The number of aliphatic carboxylic acids is 1. The maximum atomic E-state index is 13.0. The molecule has 90 valence electrons. The van der Waals surface area contributed by atoms with Gasteiger partial charge in [0.05, 0.1) is 29.7 Å². The lowest BCUT2D eigenvalue weighted by molar-refractivity contribution is -0.137. The number of aromatic nitrogens is 2. The first-order valence-corrected chi connectivity index (χ1v) is 5.07. The van der Waals surface area contributed by atoms with E-state index in [1.165, 1.54) is 6.07 Å². The lowest BCUT2D eigenvalue weighted by atomic mass is 10.1. The van der Waals surface area contributed by atoms with Crippen LogP contribution in [-0.2, 0) is 11.8 Å². The quantitative estimate of drug-likeness (QED) is 0.840. The van der Waals surface area contributed by atoms with Gasteiger partial charge in [-0.05, 0) is 6.07 Å². The number of nitrogens with two attached hydrogens (primary N) is 1. The first-order chi connectivity index (χ1) is 7.99. The molecule has 3 N–H and O–H groups in total. The second kappa shape index (κ2) is 4.14. The summed E-state index contributed by atoms with van der Waals surface area (Å²) in [5.74, 6) is -1.40.